The summed E-state index contributed by atoms with van der Waals surface area (Å²) in [6.45, 7) is 7.57. The third kappa shape index (κ3) is 5.47. The van der Waals surface area contributed by atoms with Crippen LogP contribution in [0.3, 0.4) is 0 Å². The van der Waals surface area contributed by atoms with Gasteiger partial charge in [-0.15, -0.1) is 0 Å². The van der Waals surface area contributed by atoms with Crippen LogP contribution < -0.4 is 14.4 Å². The van der Waals surface area contributed by atoms with Gasteiger partial charge in [0.2, 0.25) is 16.0 Å². The number of ether oxygens (including phenoxy) is 1. The third-order valence-electron chi connectivity index (χ3n) is 7.32. The van der Waals surface area contributed by atoms with Crippen molar-refractivity contribution in [2.45, 2.75) is 49.8 Å². The summed E-state index contributed by atoms with van der Waals surface area (Å²) in [6, 6.07) is 12.4. The second-order valence-corrected chi connectivity index (χ2v) is 12.0. The molecule has 3 aromatic rings. The highest BCUT2D eigenvalue weighted by molar-refractivity contribution is 7.89. The van der Waals surface area contributed by atoms with Crippen LogP contribution in [0.1, 0.15) is 48.3 Å². The van der Waals surface area contributed by atoms with Gasteiger partial charge in [-0.2, -0.15) is 0 Å². The lowest BCUT2D eigenvalue weighted by Crippen LogP contribution is -2.53. The quantitative estimate of drug-likeness (QED) is 0.479. The van der Waals surface area contributed by atoms with Gasteiger partial charge >= 0.3 is 0 Å². The molecule has 2 aromatic carbocycles. The van der Waals surface area contributed by atoms with Crippen LogP contribution in [0.5, 0.6) is 5.75 Å². The van der Waals surface area contributed by atoms with Crippen molar-refractivity contribution in [3.63, 3.8) is 0 Å². The Morgan fingerprint density at radius 2 is 1.74 bits per heavy atom. The van der Waals surface area contributed by atoms with Crippen LogP contribution in [0.25, 0.3) is 0 Å². The Balaban J connectivity index is 1.39. The molecule has 1 fully saturated rings. The minimum atomic E-state index is -3.98. The van der Waals surface area contributed by atoms with E-state index in [-0.39, 0.29) is 10.8 Å². The summed E-state index contributed by atoms with van der Waals surface area (Å²) in [4.78, 5) is 25.9. The van der Waals surface area contributed by atoms with Crippen molar-refractivity contribution in [3.05, 3.63) is 77.6 Å². The second kappa shape index (κ2) is 10.6. The molecule has 2 atom stereocenters. The largest absolute Gasteiger partial charge is 0.485 e. The molecule has 206 valence electrons. The summed E-state index contributed by atoms with van der Waals surface area (Å²) >= 11 is 0. The molecule has 0 bridgehead atoms. The van der Waals surface area contributed by atoms with E-state index in [0.717, 1.165) is 12.0 Å². The molecule has 39 heavy (non-hydrogen) atoms. The predicted molar refractivity (Wildman–Crippen MR) is 146 cm³/mol. The van der Waals surface area contributed by atoms with Crippen LogP contribution in [0.4, 0.5) is 5.95 Å². The number of amides is 1. The summed E-state index contributed by atoms with van der Waals surface area (Å²) in [5, 5.41) is 11.2. The van der Waals surface area contributed by atoms with Gasteiger partial charge in [-0.05, 0) is 62.2 Å². The van der Waals surface area contributed by atoms with Gasteiger partial charge in [0.1, 0.15) is 17.5 Å². The van der Waals surface area contributed by atoms with Crippen LogP contribution in [-0.4, -0.2) is 72.2 Å². The van der Waals surface area contributed by atoms with Crippen LogP contribution >= 0.6 is 0 Å². The molecule has 11 heteroatoms. The van der Waals surface area contributed by atoms with Crippen molar-refractivity contribution < 1.29 is 23.1 Å². The van der Waals surface area contributed by atoms with Crippen molar-refractivity contribution in [2.75, 3.05) is 31.1 Å². The molecule has 5 rings (SSSR count). The number of hydrogen-bond acceptors (Lipinski definition) is 8. The number of aryl methyl sites for hydroxylation is 1. The maximum absolute atomic E-state index is 13.4. The van der Waals surface area contributed by atoms with Gasteiger partial charge < -0.3 is 19.6 Å². The van der Waals surface area contributed by atoms with Gasteiger partial charge in [-0.25, -0.2) is 23.1 Å². The maximum atomic E-state index is 13.4. The van der Waals surface area contributed by atoms with Crippen molar-refractivity contribution in [2.24, 2.45) is 0 Å². The molecule has 2 aliphatic rings. The van der Waals surface area contributed by atoms with E-state index in [4.69, 9.17) is 4.74 Å². The molecule has 0 radical (unpaired) electrons. The number of nitrogens with one attached hydrogen (secondary N) is 1. The number of nitrogens with zero attached hydrogens (tertiary/aromatic N) is 4. The number of piperazine rings is 1. The molecule has 1 aromatic heterocycles. The molecule has 0 saturated carbocycles. The van der Waals surface area contributed by atoms with Crippen molar-refractivity contribution in [3.8, 4) is 5.75 Å². The highest BCUT2D eigenvalue weighted by Gasteiger charge is 2.45. The second-order valence-electron chi connectivity index (χ2n) is 10.3. The van der Waals surface area contributed by atoms with Gasteiger partial charge in [0.05, 0.1) is 10.9 Å². The summed E-state index contributed by atoms with van der Waals surface area (Å²) in [5.74, 6) is 0.871. The fraction of sp³-hybridized carbons (Fsp3) is 0.393. The van der Waals surface area contributed by atoms with Crippen molar-refractivity contribution in [1.82, 2.24) is 19.6 Å². The molecule has 1 amide bonds. The predicted octanol–water partition coefficient (Wildman–Crippen LogP) is 2.55. The third-order valence-corrected chi connectivity index (χ3v) is 8.78. The lowest BCUT2D eigenvalue weighted by molar-refractivity contribution is -0.0603. The SMILES string of the molecule is CCc1ccc(S(=O)(=O)N[C@@H]2c3cc(C(=O)N4CCN(c5ncccn5)CC4)ccc3OC(C)(C)[C@H]2O)cc1. The maximum Gasteiger partial charge on any atom is 0.253 e. The van der Waals surface area contributed by atoms with Gasteiger partial charge in [0.15, 0.2) is 0 Å². The Kier molecular flexibility index (Phi) is 7.32. The molecule has 0 aliphatic carbocycles. The highest BCUT2D eigenvalue weighted by atomic mass is 32.2. The highest BCUT2D eigenvalue weighted by Crippen LogP contribution is 2.41. The number of aromatic nitrogens is 2. The van der Waals surface area contributed by atoms with Gasteiger partial charge in [-0.1, -0.05) is 19.1 Å². The van der Waals surface area contributed by atoms with E-state index in [1.54, 1.807) is 79.7 Å². The smallest absolute Gasteiger partial charge is 0.253 e. The van der Waals surface area contributed by atoms with E-state index in [1.807, 2.05) is 11.8 Å². The molecule has 2 N–H and O–H groups in total. The summed E-state index contributed by atoms with van der Waals surface area (Å²) < 4.78 is 35.4. The number of hydrogen-bond donors (Lipinski definition) is 2. The number of anilines is 1. The normalized spacial score (nSPS) is 20.7. The minimum Gasteiger partial charge on any atom is -0.485 e. The molecule has 10 nitrogen and oxygen atoms in total. The van der Waals surface area contributed by atoms with Gasteiger partial charge in [0.25, 0.3) is 5.91 Å². The zero-order chi connectivity index (χ0) is 27.8. The molecule has 1 saturated heterocycles. The van der Waals surface area contributed by atoms with Gasteiger partial charge in [-0.3, -0.25) is 4.79 Å². The van der Waals surface area contributed by atoms with Crippen LogP contribution in [0.15, 0.2) is 65.8 Å². The standard InChI is InChI=1S/C28H33N5O5S/c1-4-19-6-9-21(10-7-19)39(36,37)31-24-22-18-20(8-11-23(22)38-28(2,3)25(24)34)26(35)32-14-16-33(17-15-32)27-29-12-5-13-30-27/h5-13,18,24-25,31,34H,4,14-17H2,1-3H3/t24-,25+/m1/s1. The average molecular weight is 552 g/mol. The first-order valence-corrected chi connectivity index (χ1v) is 14.5. The Bertz CT molecular complexity index is 1440. The fourth-order valence-electron chi connectivity index (χ4n) is 4.95. The van der Waals surface area contributed by atoms with E-state index in [1.165, 1.54) is 0 Å². The zero-order valence-corrected chi connectivity index (χ0v) is 23.1. The van der Waals surface area contributed by atoms with E-state index >= 15 is 0 Å². The molecule has 3 heterocycles. The van der Waals surface area contributed by atoms with E-state index in [9.17, 15) is 18.3 Å². The number of sulfonamides is 1. The topological polar surface area (TPSA) is 125 Å². The Hall–Kier alpha value is -3.54. The Labute approximate surface area is 228 Å². The first-order valence-electron chi connectivity index (χ1n) is 13.0. The Morgan fingerprint density at radius 1 is 1.08 bits per heavy atom. The lowest BCUT2D eigenvalue weighted by Gasteiger charge is -2.42. The number of aliphatic hydroxyl groups excluding tert-OH is 1. The van der Waals surface area contributed by atoms with Crippen LogP contribution in [-0.2, 0) is 16.4 Å². The number of fused-ring (bicyclic) bond motifs is 1. The molecular formula is C28H33N5O5S. The Morgan fingerprint density at radius 3 is 2.38 bits per heavy atom. The number of carbonyl (C=O) groups excluding carboxylic acids is 1. The number of rotatable bonds is 6. The molecule has 0 spiro atoms. The monoisotopic (exact) mass is 551 g/mol. The summed E-state index contributed by atoms with van der Waals surface area (Å²) in [7, 11) is -3.98. The van der Waals surface area contributed by atoms with Crippen molar-refractivity contribution >= 4 is 21.9 Å². The number of carbonyl (C=O) groups is 1. The molecule has 0 unspecified atom stereocenters. The van der Waals surface area contributed by atoms with Gasteiger partial charge in [0, 0.05) is 49.7 Å². The van der Waals surface area contributed by atoms with E-state index < -0.39 is 27.8 Å². The molecule has 2 aliphatic heterocycles. The van der Waals surface area contributed by atoms with Crippen LogP contribution in [0, 0.1) is 0 Å². The van der Waals surface area contributed by atoms with Crippen LogP contribution in [0.2, 0.25) is 0 Å². The average Bonchev–Trinajstić information content (AvgIpc) is 2.95. The fourth-order valence-corrected chi connectivity index (χ4v) is 6.17. The van der Waals surface area contributed by atoms with E-state index in [0.29, 0.717) is 49.0 Å². The zero-order valence-electron chi connectivity index (χ0n) is 22.2. The van der Waals surface area contributed by atoms with E-state index in [2.05, 4.69) is 14.7 Å². The first kappa shape index (κ1) is 27.0. The summed E-state index contributed by atoms with van der Waals surface area (Å²) in [6.07, 6.45) is 2.97. The number of benzene rings is 2. The number of aliphatic hydroxyl groups is 1. The lowest BCUT2D eigenvalue weighted by atomic mass is 9.86. The van der Waals surface area contributed by atoms with Crippen molar-refractivity contribution in [1.29, 1.82) is 0 Å². The minimum absolute atomic E-state index is 0.102. The molecular weight excluding hydrogens is 518 g/mol. The summed E-state index contributed by atoms with van der Waals surface area (Å²) in [5.41, 5.74) is 0.767. The first-order chi connectivity index (χ1) is 18.6.